The van der Waals surface area contributed by atoms with Crippen molar-refractivity contribution in [3.8, 4) is 0 Å². The molecule has 0 aliphatic rings. The second-order valence-electron chi connectivity index (χ2n) is 4.26. The highest BCUT2D eigenvalue weighted by molar-refractivity contribution is 6.31. The van der Waals surface area contributed by atoms with Gasteiger partial charge in [-0.05, 0) is 18.6 Å². The fourth-order valence-electron chi connectivity index (χ4n) is 1.54. The van der Waals surface area contributed by atoms with Crippen LogP contribution in [-0.4, -0.2) is 16.0 Å². The van der Waals surface area contributed by atoms with E-state index in [-0.39, 0.29) is 0 Å². The Balaban J connectivity index is 1.96. The third-order valence-electron chi connectivity index (χ3n) is 2.55. The summed E-state index contributed by atoms with van der Waals surface area (Å²) in [6, 6.07) is 7.43. The first-order chi connectivity index (χ1) is 9.56. The van der Waals surface area contributed by atoms with E-state index in [9.17, 15) is 0 Å². The predicted molar refractivity (Wildman–Crippen MR) is 75.3 cm³/mol. The van der Waals surface area contributed by atoms with Crippen LogP contribution in [0.3, 0.4) is 0 Å². The van der Waals surface area contributed by atoms with Crippen LogP contribution in [0.4, 0.5) is 0 Å². The minimum absolute atomic E-state index is 0.321. The third-order valence-corrected chi connectivity index (χ3v) is 2.92. The first-order valence-electron chi connectivity index (χ1n) is 6.08. The summed E-state index contributed by atoms with van der Waals surface area (Å²) in [5, 5.41) is 12.1. The minimum Gasteiger partial charge on any atom is -0.422 e. The maximum absolute atomic E-state index is 6.05. The molecule has 7 heteroatoms. The Kier molecular flexibility index (Phi) is 4.57. The Morgan fingerprint density at radius 1 is 1.45 bits per heavy atom. The molecule has 1 unspecified atom stereocenters. The maximum Gasteiger partial charge on any atom is 0.259 e. The molecule has 0 aliphatic heterocycles. The van der Waals surface area contributed by atoms with Gasteiger partial charge in [-0.15, -0.1) is 10.2 Å². The molecule has 0 aliphatic carbocycles. The summed E-state index contributed by atoms with van der Waals surface area (Å²) in [7, 11) is 0. The molecule has 1 aromatic heterocycles. The lowest BCUT2D eigenvalue weighted by Gasteiger charge is -2.07. The number of benzene rings is 1. The monoisotopic (exact) mass is 294 g/mol. The molecule has 2 aromatic rings. The summed E-state index contributed by atoms with van der Waals surface area (Å²) >= 11 is 6.05. The molecule has 1 heterocycles. The molecule has 0 saturated carbocycles. The predicted octanol–water partition coefficient (Wildman–Crippen LogP) is 2.62. The Bertz CT molecular complexity index is 612. The number of rotatable bonds is 5. The van der Waals surface area contributed by atoms with Gasteiger partial charge in [-0.1, -0.05) is 35.0 Å². The Morgan fingerprint density at radius 2 is 2.20 bits per heavy atom. The molecule has 1 aromatic carbocycles. The smallest absolute Gasteiger partial charge is 0.259 e. The fraction of sp³-hybridized carbons (Fsp3) is 0.308. The quantitative estimate of drug-likeness (QED) is 0.520. The van der Waals surface area contributed by atoms with E-state index >= 15 is 0 Å². The Hall–Kier alpha value is -2.08. The van der Waals surface area contributed by atoms with Crippen LogP contribution in [0.5, 0.6) is 0 Å². The zero-order chi connectivity index (χ0) is 14.5. The number of hydrogen-bond donors (Lipinski definition) is 1. The lowest BCUT2D eigenvalue weighted by atomic mass is 10.1. The van der Waals surface area contributed by atoms with Crippen LogP contribution < -0.4 is 5.73 Å². The number of nitrogens with zero attached hydrogens (tertiary/aromatic N) is 3. The van der Waals surface area contributed by atoms with Crippen molar-refractivity contribution in [1.29, 1.82) is 0 Å². The summed E-state index contributed by atoms with van der Waals surface area (Å²) in [5.74, 6) is 1.15. The number of oxime groups is 1. The van der Waals surface area contributed by atoms with E-state index in [1.807, 2.05) is 18.2 Å². The van der Waals surface area contributed by atoms with Gasteiger partial charge in [-0.3, -0.25) is 0 Å². The lowest BCUT2D eigenvalue weighted by molar-refractivity contribution is 0.0512. The van der Waals surface area contributed by atoms with Crippen LogP contribution in [0.25, 0.3) is 0 Å². The van der Waals surface area contributed by atoms with Gasteiger partial charge in [0.2, 0.25) is 12.0 Å². The van der Waals surface area contributed by atoms with Crippen molar-refractivity contribution in [2.75, 3.05) is 0 Å². The zero-order valence-electron chi connectivity index (χ0n) is 11.2. The average molecular weight is 295 g/mol. The van der Waals surface area contributed by atoms with Gasteiger partial charge in [-0.2, -0.15) is 0 Å². The molecule has 0 bridgehead atoms. The largest absolute Gasteiger partial charge is 0.422 e. The molecule has 2 N–H and O–H groups in total. The maximum atomic E-state index is 6.05. The highest BCUT2D eigenvalue weighted by Gasteiger charge is 2.14. The van der Waals surface area contributed by atoms with Gasteiger partial charge in [-0.25, -0.2) is 0 Å². The summed E-state index contributed by atoms with van der Waals surface area (Å²) < 4.78 is 5.24. The highest BCUT2D eigenvalue weighted by Crippen LogP contribution is 2.17. The molecule has 0 saturated heterocycles. The van der Waals surface area contributed by atoms with E-state index in [1.54, 1.807) is 19.9 Å². The molecule has 0 fully saturated rings. The van der Waals surface area contributed by atoms with Crippen molar-refractivity contribution >= 4 is 17.4 Å². The highest BCUT2D eigenvalue weighted by atomic mass is 35.5. The van der Waals surface area contributed by atoms with Gasteiger partial charge < -0.3 is 15.0 Å². The van der Waals surface area contributed by atoms with E-state index in [1.165, 1.54) is 0 Å². The number of aromatic nitrogens is 2. The van der Waals surface area contributed by atoms with Crippen molar-refractivity contribution < 1.29 is 9.25 Å². The van der Waals surface area contributed by atoms with Gasteiger partial charge in [0.1, 0.15) is 5.84 Å². The summed E-state index contributed by atoms with van der Waals surface area (Å²) in [4.78, 5) is 5.24. The van der Waals surface area contributed by atoms with Crippen LogP contribution >= 0.6 is 11.6 Å². The molecule has 0 radical (unpaired) electrons. The molecule has 20 heavy (non-hydrogen) atoms. The molecular weight excluding hydrogens is 280 g/mol. The SMILES string of the molecule is Cc1nnc(C(C)O/N=C(\N)Cc2ccccc2Cl)o1. The van der Waals surface area contributed by atoms with Crippen LogP contribution in [0.15, 0.2) is 33.8 Å². The molecule has 0 amide bonds. The van der Waals surface area contributed by atoms with E-state index in [0.717, 1.165) is 5.56 Å². The second kappa shape index (κ2) is 6.38. The van der Waals surface area contributed by atoms with E-state index in [4.69, 9.17) is 26.6 Å². The fourth-order valence-corrected chi connectivity index (χ4v) is 1.74. The second-order valence-corrected chi connectivity index (χ2v) is 4.66. The lowest BCUT2D eigenvalue weighted by Crippen LogP contribution is -2.16. The Labute approximate surface area is 121 Å². The van der Waals surface area contributed by atoms with Crippen molar-refractivity contribution in [1.82, 2.24) is 10.2 Å². The van der Waals surface area contributed by atoms with Gasteiger partial charge in [0.05, 0.1) is 0 Å². The summed E-state index contributed by atoms with van der Waals surface area (Å²) in [5.41, 5.74) is 6.70. The topological polar surface area (TPSA) is 86.5 Å². The van der Waals surface area contributed by atoms with Crippen LogP contribution in [0.2, 0.25) is 5.02 Å². The minimum atomic E-state index is -0.457. The molecule has 0 spiro atoms. The first kappa shape index (κ1) is 14.3. The van der Waals surface area contributed by atoms with E-state index in [0.29, 0.717) is 29.1 Å². The molecule has 106 valence electrons. The number of aryl methyl sites for hydroxylation is 1. The standard InChI is InChI=1S/C13H15ClN4O2/c1-8(13-17-16-9(2)19-13)20-18-12(15)7-10-5-3-4-6-11(10)14/h3-6,8H,7H2,1-2H3,(H2,15,18). The molecule has 6 nitrogen and oxygen atoms in total. The van der Waals surface area contributed by atoms with Gasteiger partial charge >= 0.3 is 0 Å². The number of amidine groups is 1. The van der Waals surface area contributed by atoms with Crippen molar-refractivity contribution in [3.63, 3.8) is 0 Å². The van der Waals surface area contributed by atoms with Crippen molar-refractivity contribution in [3.05, 3.63) is 46.6 Å². The van der Waals surface area contributed by atoms with Gasteiger partial charge in [0.15, 0.2) is 0 Å². The van der Waals surface area contributed by atoms with Crippen molar-refractivity contribution in [2.45, 2.75) is 26.4 Å². The van der Waals surface area contributed by atoms with Crippen LogP contribution in [-0.2, 0) is 11.3 Å². The molecular formula is C13H15ClN4O2. The number of hydrogen-bond acceptors (Lipinski definition) is 5. The summed E-state index contributed by atoms with van der Waals surface area (Å²) in [6.07, 6.45) is -0.0455. The van der Waals surface area contributed by atoms with Gasteiger partial charge in [0.25, 0.3) is 5.89 Å². The number of nitrogens with two attached hydrogens (primary N) is 1. The van der Waals surface area contributed by atoms with Gasteiger partial charge in [0, 0.05) is 18.4 Å². The average Bonchev–Trinajstić information content (AvgIpc) is 2.85. The van der Waals surface area contributed by atoms with Crippen LogP contribution in [0.1, 0.15) is 30.4 Å². The number of halogens is 1. The molecule has 1 atom stereocenters. The van der Waals surface area contributed by atoms with Crippen molar-refractivity contribution in [2.24, 2.45) is 10.9 Å². The Morgan fingerprint density at radius 3 is 2.85 bits per heavy atom. The first-order valence-corrected chi connectivity index (χ1v) is 6.45. The third kappa shape index (κ3) is 3.71. The molecule has 2 rings (SSSR count). The summed E-state index contributed by atoms with van der Waals surface area (Å²) in [6.45, 7) is 3.46. The van der Waals surface area contributed by atoms with E-state index < -0.39 is 6.10 Å². The van der Waals surface area contributed by atoms with Crippen LogP contribution in [0, 0.1) is 6.92 Å². The van der Waals surface area contributed by atoms with E-state index in [2.05, 4.69) is 15.4 Å². The normalized spacial score (nSPS) is 13.2. The zero-order valence-corrected chi connectivity index (χ0v) is 12.0.